The second kappa shape index (κ2) is 6.88. The molecule has 3 rings (SSSR count). The molecule has 3 amide bonds. The van der Waals surface area contributed by atoms with E-state index in [9.17, 15) is 14.4 Å². The zero-order valence-electron chi connectivity index (χ0n) is 13.4. The number of carbonyl (C=O) groups is 3. The number of benzene rings is 1. The SMILES string of the molecule is [CH2]CCCC#Cc1cccc2c1CN(C1CCC(=O)NC1=O)C2=O. The minimum Gasteiger partial charge on any atom is -0.322 e. The molecule has 5 nitrogen and oxygen atoms in total. The molecule has 2 aliphatic heterocycles. The summed E-state index contributed by atoms with van der Waals surface area (Å²) in [5, 5.41) is 2.31. The molecule has 0 spiro atoms. The van der Waals surface area contributed by atoms with Crippen LogP contribution in [0.2, 0.25) is 0 Å². The molecule has 1 unspecified atom stereocenters. The maximum atomic E-state index is 12.7. The number of nitrogens with one attached hydrogen (secondary N) is 1. The van der Waals surface area contributed by atoms with Crippen LogP contribution in [0.1, 0.15) is 53.6 Å². The van der Waals surface area contributed by atoms with Gasteiger partial charge in [-0.2, -0.15) is 0 Å². The van der Waals surface area contributed by atoms with Gasteiger partial charge in [-0.25, -0.2) is 0 Å². The molecule has 2 heterocycles. The van der Waals surface area contributed by atoms with Crippen LogP contribution in [0.25, 0.3) is 0 Å². The molecule has 1 fully saturated rings. The highest BCUT2D eigenvalue weighted by molar-refractivity contribution is 6.05. The van der Waals surface area contributed by atoms with Crippen LogP contribution < -0.4 is 5.32 Å². The van der Waals surface area contributed by atoms with E-state index in [0.29, 0.717) is 18.5 Å². The highest BCUT2D eigenvalue weighted by Crippen LogP contribution is 2.29. The average Bonchev–Trinajstić information content (AvgIpc) is 2.89. The third kappa shape index (κ3) is 3.05. The number of unbranched alkanes of at least 4 members (excludes halogenated alkanes) is 2. The monoisotopic (exact) mass is 323 g/mol. The lowest BCUT2D eigenvalue weighted by molar-refractivity contribution is -0.136. The van der Waals surface area contributed by atoms with Gasteiger partial charge in [0.25, 0.3) is 5.91 Å². The quantitative estimate of drug-likeness (QED) is 0.524. The number of nitrogens with zero attached hydrogens (tertiary/aromatic N) is 1. The Hall–Kier alpha value is -2.61. The Morgan fingerprint density at radius 3 is 2.88 bits per heavy atom. The van der Waals surface area contributed by atoms with Crippen LogP contribution in [-0.2, 0) is 16.1 Å². The van der Waals surface area contributed by atoms with Gasteiger partial charge in [0, 0.05) is 30.5 Å². The van der Waals surface area contributed by atoms with Crippen LogP contribution in [0.3, 0.4) is 0 Å². The third-order valence-corrected chi connectivity index (χ3v) is 4.36. The fraction of sp³-hybridized carbons (Fsp3) is 0.368. The van der Waals surface area contributed by atoms with Crippen LogP contribution in [0, 0.1) is 18.8 Å². The summed E-state index contributed by atoms with van der Waals surface area (Å²) in [5.74, 6) is 5.40. The van der Waals surface area contributed by atoms with E-state index < -0.39 is 11.9 Å². The molecule has 1 aromatic carbocycles. The lowest BCUT2D eigenvalue weighted by Gasteiger charge is -2.29. The average molecular weight is 323 g/mol. The Kier molecular flexibility index (Phi) is 4.66. The van der Waals surface area contributed by atoms with Gasteiger partial charge < -0.3 is 4.90 Å². The number of hydrogen-bond acceptors (Lipinski definition) is 3. The van der Waals surface area contributed by atoms with Gasteiger partial charge in [-0.15, -0.1) is 0 Å². The van der Waals surface area contributed by atoms with Gasteiger partial charge in [0.05, 0.1) is 0 Å². The van der Waals surface area contributed by atoms with E-state index in [1.165, 1.54) is 0 Å². The Balaban J connectivity index is 1.83. The first kappa shape index (κ1) is 16.3. The van der Waals surface area contributed by atoms with Crippen molar-refractivity contribution in [2.75, 3.05) is 0 Å². The van der Waals surface area contributed by atoms with Gasteiger partial charge in [0.1, 0.15) is 6.04 Å². The van der Waals surface area contributed by atoms with Crippen molar-refractivity contribution in [3.8, 4) is 11.8 Å². The summed E-state index contributed by atoms with van der Waals surface area (Å²) in [6, 6.07) is 4.90. The Morgan fingerprint density at radius 1 is 1.29 bits per heavy atom. The van der Waals surface area contributed by atoms with Crippen molar-refractivity contribution in [1.29, 1.82) is 0 Å². The summed E-state index contributed by atoms with van der Waals surface area (Å²) in [5.41, 5.74) is 2.30. The fourth-order valence-corrected chi connectivity index (χ4v) is 3.07. The molecule has 5 heteroatoms. The van der Waals surface area contributed by atoms with E-state index in [4.69, 9.17) is 0 Å². The van der Waals surface area contributed by atoms with Gasteiger partial charge >= 0.3 is 0 Å². The van der Waals surface area contributed by atoms with Crippen LogP contribution in [0.5, 0.6) is 0 Å². The summed E-state index contributed by atoms with van der Waals surface area (Å²) in [7, 11) is 0. The van der Waals surface area contributed by atoms with E-state index in [2.05, 4.69) is 24.1 Å². The molecule has 1 aromatic rings. The topological polar surface area (TPSA) is 66.5 Å². The molecule has 0 aliphatic carbocycles. The Bertz CT molecular complexity index is 758. The van der Waals surface area contributed by atoms with Crippen molar-refractivity contribution >= 4 is 17.7 Å². The fourth-order valence-electron chi connectivity index (χ4n) is 3.07. The van der Waals surface area contributed by atoms with Crippen molar-refractivity contribution < 1.29 is 14.4 Å². The molecule has 0 bridgehead atoms. The van der Waals surface area contributed by atoms with Crippen molar-refractivity contribution in [2.24, 2.45) is 0 Å². The number of carbonyl (C=O) groups excluding carboxylic acids is 3. The molecule has 1 radical (unpaired) electrons. The Morgan fingerprint density at radius 2 is 2.12 bits per heavy atom. The zero-order chi connectivity index (χ0) is 17.1. The molecule has 0 saturated carbocycles. The van der Waals surface area contributed by atoms with Gasteiger partial charge in [0.15, 0.2) is 0 Å². The molecular weight excluding hydrogens is 304 g/mol. The number of imide groups is 1. The highest BCUT2D eigenvalue weighted by Gasteiger charge is 2.39. The van der Waals surface area contributed by atoms with E-state index in [-0.39, 0.29) is 18.2 Å². The Labute approximate surface area is 141 Å². The minimum atomic E-state index is -0.588. The van der Waals surface area contributed by atoms with E-state index in [1.807, 2.05) is 12.1 Å². The molecule has 24 heavy (non-hydrogen) atoms. The molecule has 2 aliphatic rings. The lowest BCUT2D eigenvalue weighted by Crippen LogP contribution is -2.52. The third-order valence-electron chi connectivity index (χ3n) is 4.36. The second-order valence-corrected chi connectivity index (χ2v) is 5.99. The van der Waals surface area contributed by atoms with E-state index in [0.717, 1.165) is 30.4 Å². The lowest BCUT2D eigenvalue weighted by atomic mass is 10.0. The second-order valence-electron chi connectivity index (χ2n) is 5.99. The van der Waals surface area contributed by atoms with Crippen molar-refractivity contribution in [1.82, 2.24) is 10.2 Å². The number of fused-ring (bicyclic) bond motifs is 1. The predicted octanol–water partition coefficient (Wildman–Crippen LogP) is 1.80. The van der Waals surface area contributed by atoms with Crippen LogP contribution in [-0.4, -0.2) is 28.7 Å². The van der Waals surface area contributed by atoms with Crippen LogP contribution in [0.15, 0.2) is 18.2 Å². The summed E-state index contributed by atoms with van der Waals surface area (Å²) >= 11 is 0. The van der Waals surface area contributed by atoms with Crippen molar-refractivity contribution in [3.05, 3.63) is 41.8 Å². The predicted molar refractivity (Wildman–Crippen MR) is 88.6 cm³/mol. The molecule has 1 saturated heterocycles. The number of hydrogen-bond donors (Lipinski definition) is 1. The normalized spacial score (nSPS) is 19.6. The maximum Gasteiger partial charge on any atom is 0.255 e. The van der Waals surface area contributed by atoms with E-state index >= 15 is 0 Å². The molecule has 123 valence electrons. The standard InChI is InChI=1S/C19H19N2O3/c1-2-3-4-5-7-13-8-6-9-14-15(13)12-21(19(14)24)16-10-11-17(22)20-18(16)23/h6,8-9,16H,1-4,10-12H2,(H,20,22,23). The van der Waals surface area contributed by atoms with Gasteiger partial charge in [-0.3, -0.25) is 19.7 Å². The number of rotatable bonds is 3. The molecule has 0 aromatic heterocycles. The highest BCUT2D eigenvalue weighted by atomic mass is 16.2. The summed E-state index contributed by atoms with van der Waals surface area (Å²) in [6.07, 6.45) is 3.20. The first-order chi connectivity index (χ1) is 11.6. The smallest absolute Gasteiger partial charge is 0.255 e. The minimum absolute atomic E-state index is 0.166. The summed E-state index contributed by atoms with van der Waals surface area (Å²) in [4.78, 5) is 37.6. The van der Waals surface area contributed by atoms with Gasteiger partial charge in [0.2, 0.25) is 11.8 Å². The largest absolute Gasteiger partial charge is 0.322 e. The first-order valence-electron chi connectivity index (χ1n) is 8.16. The van der Waals surface area contributed by atoms with Crippen LogP contribution >= 0.6 is 0 Å². The molecule has 1 N–H and O–H groups in total. The zero-order valence-corrected chi connectivity index (χ0v) is 13.4. The summed E-state index contributed by atoms with van der Waals surface area (Å²) < 4.78 is 0. The van der Waals surface area contributed by atoms with Gasteiger partial charge in [-0.05, 0) is 30.5 Å². The van der Waals surface area contributed by atoms with E-state index in [1.54, 1.807) is 11.0 Å². The maximum absolute atomic E-state index is 12.7. The van der Waals surface area contributed by atoms with Crippen LogP contribution in [0.4, 0.5) is 0 Å². The number of amides is 3. The molecular formula is C19H19N2O3. The van der Waals surface area contributed by atoms with Crippen molar-refractivity contribution in [3.63, 3.8) is 0 Å². The summed E-state index contributed by atoms with van der Waals surface area (Å²) in [6.45, 7) is 4.15. The number of piperidine rings is 1. The van der Waals surface area contributed by atoms with Crippen molar-refractivity contribution in [2.45, 2.75) is 44.7 Å². The molecule has 1 atom stereocenters. The first-order valence-corrected chi connectivity index (χ1v) is 8.16. The van der Waals surface area contributed by atoms with Gasteiger partial charge in [-0.1, -0.05) is 31.3 Å².